The standard InChI is InChI=1S/C26H45/c1-6-11-16-22-21-23(17-12-7-2)25(19-14-9-4)26(20-15-10-5)24(22)18-13-8-3/h6-20H2,1-5H3. The van der Waals surface area contributed by atoms with Gasteiger partial charge < -0.3 is 0 Å². The Bertz CT molecular complexity index is 445. The first-order chi connectivity index (χ1) is 12.7. The summed E-state index contributed by atoms with van der Waals surface area (Å²) in [6, 6.07) is 3.99. The van der Waals surface area contributed by atoms with Crippen molar-refractivity contribution in [2.45, 2.75) is 131 Å². The number of aryl methyl sites for hydroxylation is 2. The van der Waals surface area contributed by atoms with Crippen molar-refractivity contribution in [1.82, 2.24) is 0 Å². The lowest BCUT2D eigenvalue weighted by atomic mass is 9.82. The second-order valence-electron chi connectivity index (χ2n) is 8.04. The fraction of sp³-hybridized carbons (Fsp3) is 0.769. The summed E-state index contributed by atoms with van der Waals surface area (Å²) in [5.41, 5.74) is 8.33. The van der Waals surface area contributed by atoms with E-state index >= 15 is 0 Å². The Balaban J connectivity index is 3.41. The van der Waals surface area contributed by atoms with Crippen molar-refractivity contribution in [2.24, 2.45) is 0 Å². The van der Waals surface area contributed by atoms with E-state index in [0.717, 1.165) is 0 Å². The second kappa shape index (κ2) is 14.3. The largest absolute Gasteiger partial charge is 0.0654 e. The second-order valence-corrected chi connectivity index (χ2v) is 8.04. The van der Waals surface area contributed by atoms with Crippen LogP contribution in [0.25, 0.3) is 0 Å². The zero-order chi connectivity index (χ0) is 19.2. The lowest BCUT2D eigenvalue weighted by Gasteiger charge is -2.23. The van der Waals surface area contributed by atoms with E-state index in [1.807, 2.05) is 0 Å². The summed E-state index contributed by atoms with van der Waals surface area (Å²) in [4.78, 5) is 0. The molecule has 0 spiro atoms. The Morgan fingerprint density at radius 3 is 1.08 bits per heavy atom. The van der Waals surface area contributed by atoms with E-state index in [1.54, 1.807) is 27.8 Å². The van der Waals surface area contributed by atoms with Crippen molar-refractivity contribution in [2.75, 3.05) is 0 Å². The van der Waals surface area contributed by atoms with E-state index in [9.17, 15) is 0 Å². The number of hydrogen-bond acceptors (Lipinski definition) is 0. The predicted octanol–water partition coefficient (Wildman–Crippen LogP) is 8.20. The minimum atomic E-state index is 1.24. The summed E-state index contributed by atoms with van der Waals surface area (Å²) >= 11 is 0. The summed E-state index contributed by atoms with van der Waals surface area (Å²) in [6.45, 7) is 11.6. The monoisotopic (exact) mass is 357 g/mol. The van der Waals surface area contributed by atoms with Crippen molar-refractivity contribution >= 4 is 0 Å². The van der Waals surface area contributed by atoms with Crippen molar-refractivity contribution in [3.05, 3.63) is 33.9 Å². The van der Waals surface area contributed by atoms with E-state index in [1.165, 1.54) is 96.3 Å². The van der Waals surface area contributed by atoms with E-state index in [0.29, 0.717) is 0 Å². The van der Waals surface area contributed by atoms with Crippen LogP contribution in [0.1, 0.15) is 127 Å². The highest BCUT2D eigenvalue weighted by Gasteiger charge is 2.17. The van der Waals surface area contributed by atoms with Gasteiger partial charge in [-0.1, -0.05) is 66.7 Å². The van der Waals surface area contributed by atoms with Crippen molar-refractivity contribution in [3.63, 3.8) is 0 Å². The smallest absolute Gasteiger partial charge is 0.0108 e. The first kappa shape index (κ1) is 23.3. The maximum absolute atomic E-state index is 3.99. The van der Waals surface area contributed by atoms with Gasteiger partial charge >= 0.3 is 0 Å². The minimum Gasteiger partial charge on any atom is -0.0654 e. The molecule has 0 fully saturated rings. The molecule has 0 N–H and O–H groups in total. The Morgan fingerprint density at radius 1 is 0.423 bits per heavy atom. The fourth-order valence-electron chi connectivity index (χ4n) is 3.98. The van der Waals surface area contributed by atoms with E-state index < -0.39 is 0 Å². The molecule has 0 aliphatic heterocycles. The normalized spacial score (nSPS) is 11.3. The molecule has 1 aromatic carbocycles. The third kappa shape index (κ3) is 7.45. The van der Waals surface area contributed by atoms with Crippen LogP contribution in [0.15, 0.2) is 0 Å². The Hall–Kier alpha value is -0.780. The van der Waals surface area contributed by atoms with Crippen LogP contribution in [0.5, 0.6) is 0 Å². The van der Waals surface area contributed by atoms with E-state index in [2.05, 4.69) is 40.7 Å². The van der Waals surface area contributed by atoms with Gasteiger partial charge in [0.25, 0.3) is 0 Å². The third-order valence-electron chi connectivity index (χ3n) is 5.66. The molecule has 1 rings (SSSR count). The first-order valence-electron chi connectivity index (χ1n) is 11.8. The third-order valence-corrected chi connectivity index (χ3v) is 5.66. The SMILES string of the molecule is CCCCc1[c]c(CCCC)c(CCCC)c(CCCC)c1CCCC. The summed E-state index contributed by atoms with van der Waals surface area (Å²) in [5, 5.41) is 0. The molecule has 0 aromatic heterocycles. The highest BCUT2D eigenvalue weighted by Crippen LogP contribution is 2.30. The highest BCUT2D eigenvalue weighted by atomic mass is 14.2. The Kier molecular flexibility index (Phi) is 12.8. The maximum Gasteiger partial charge on any atom is -0.0108 e. The van der Waals surface area contributed by atoms with Gasteiger partial charge in [-0.05, 0) is 98.1 Å². The molecule has 0 atom stereocenters. The molecule has 26 heavy (non-hydrogen) atoms. The number of hydrogen-bond donors (Lipinski definition) is 0. The molecule has 1 radical (unpaired) electrons. The van der Waals surface area contributed by atoms with Gasteiger partial charge in [0, 0.05) is 0 Å². The summed E-state index contributed by atoms with van der Waals surface area (Å²) in [5.74, 6) is 0. The van der Waals surface area contributed by atoms with Gasteiger partial charge in [-0.15, -0.1) is 0 Å². The minimum absolute atomic E-state index is 1.24. The highest BCUT2D eigenvalue weighted by molar-refractivity contribution is 5.46. The van der Waals surface area contributed by atoms with Crippen LogP contribution in [0, 0.1) is 6.07 Å². The molecule has 0 saturated carbocycles. The molecule has 0 amide bonds. The van der Waals surface area contributed by atoms with Gasteiger partial charge in [0.1, 0.15) is 0 Å². The molecular formula is C26H45. The van der Waals surface area contributed by atoms with Gasteiger partial charge in [0.05, 0.1) is 0 Å². The van der Waals surface area contributed by atoms with Crippen LogP contribution >= 0.6 is 0 Å². The van der Waals surface area contributed by atoms with E-state index in [-0.39, 0.29) is 0 Å². The van der Waals surface area contributed by atoms with Crippen molar-refractivity contribution < 1.29 is 0 Å². The van der Waals surface area contributed by atoms with Gasteiger partial charge in [0.15, 0.2) is 0 Å². The zero-order valence-corrected chi connectivity index (χ0v) is 18.6. The quantitative estimate of drug-likeness (QED) is 0.297. The average molecular weight is 358 g/mol. The van der Waals surface area contributed by atoms with Gasteiger partial charge in [-0.2, -0.15) is 0 Å². The van der Waals surface area contributed by atoms with Crippen molar-refractivity contribution in [3.8, 4) is 0 Å². The molecule has 0 heterocycles. The van der Waals surface area contributed by atoms with Crippen LogP contribution in [0.2, 0.25) is 0 Å². The topological polar surface area (TPSA) is 0 Å². The molecular weight excluding hydrogens is 312 g/mol. The Morgan fingerprint density at radius 2 is 0.731 bits per heavy atom. The number of benzene rings is 1. The lowest BCUT2D eigenvalue weighted by Crippen LogP contribution is -2.10. The van der Waals surface area contributed by atoms with Gasteiger partial charge in [0.2, 0.25) is 0 Å². The molecule has 0 aliphatic carbocycles. The van der Waals surface area contributed by atoms with Crippen LogP contribution < -0.4 is 0 Å². The summed E-state index contributed by atoms with van der Waals surface area (Å²) < 4.78 is 0. The molecule has 0 nitrogen and oxygen atoms in total. The maximum atomic E-state index is 3.99. The van der Waals surface area contributed by atoms with Gasteiger partial charge in [-0.3, -0.25) is 0 Å². The molecule has 149 valence electrons. The molecule has 0 aliphatic rings. The molecule has 0 unspecified atom stereocenters. The molecule has 0 bridgehead atoms. The van der Waals surface area contributed by atoms with Gasteiger partial charge in [-0.25, -0.2) is 0 Å². The summed E-state index contributed by atoms with van der Waals surface area (Å²) in [7, 11) is 0. The fourth-order valence-corrected chi connectivity index (χ4v) is 3.98. The predicted molar refractivity (Wildman–Crippen MR) is 118 cm³/mol. The number of unbranched alkanes of at least 4 members (excludes halogenated alkanes) is 5. The van der Waals surface area contributed by atoms with Crippen molar-refractivity contribution in [1.29, 1.82) is 0 Å². The average Bonchev–Trinajstić information content (AvgIpc) is 2.66. The first-order valence-corrected chi connectivity index (χ1v) is 11.8. The van der Waals surface area contributed by atoms with Crippen LogP contribution in [-0.2, 0) is 32.1 Å². The van der Waals surface area contributed by atoms with Crippen LogP contribution in [-0.4, -0.2) is 0 Å². The molecule has 0 heteroatoms. The molecule has 0 saturated heterocycles. The lowest BCUT2D eigenvalue weighted by molar-refractivity contribution is 0.703. The van der Waals surface area contributed by atoms with Crippen LogP contribution in [0.4, 0.5) is 0 Å². The number of rotatable bonds is 15. The summed E-state index contributed by atoms with van der Waals surface area (Å²) in [6.07, 6.45) is 19.4. The molecule has 1 aromatic rings. The van der Waals surface area contributed by atoms with Crippen LogP contribution in [0.3, 0.4) is 0 Å². The Labute approximate surface area is 165 Å². The zero-order valence-electron chi connectivity index (χ0n) is 18.6. The van der Waals surface area contributed by atoms with E-state index in [4.69, 9.17) is 0 Å².